The topological polar surface area (TPSA) is 101 Å². The van der Waals surface area contributed by atoms with E-state index < -0.39 is 14.8 Å². The SMILES string of the molecule is CCCNCCNc1ccc(S(C)(=O)=O)cc1[N+](=O)[O-]. The van der Waals surface area contributed by atoms with E-state index in [1.54, 1.807) is 0 Å². The normalized spacial score (nSPS) is 11.3. The smallest absolute Gasteiger partial charge is 0.293 e. The van der Waals surface area contributed by atoms with Crippen LogP contribution in [0.15, 0.2) is 23.1 Å². The van der Waals surface area contributed by atoms with Crippen LogP contribution in [0.25, 0.3) is 0 Å². The molecule has 0 atom stereocenters. The summed E-state index contributed by atoms with van der Waals surface area (Å²) >= 11 is 0. The lowest BCUT2D eigenvalue weighted by molar-refractivity contribution is -0.384. The van der Waals surface area contributed by atoms with Crippen molar-refractivity contribution < 1.29 is 13.3 Å². The van der Waals surface area contributed by atoms with Crippen LogP contribution in [0.2, 0.25) is 0 Å². The van der Waals surface area contributed by atoms with E-state index >= 15 is 0 Å². The van der Waals surface area contributed by atoms with Crippen LogP contribution < -0.4 is 10.6 Å². The van der Waals surface area contributed by atoms with Crippen molar-refractivity contribution in [1.29, 1.82) is 0 Å². The first-order valence-electron chi connectivity index (χ1n) is 6.29. The van der Waals surface area contributed by atoms with Crippen molar-refractivity contribution in [1.82, 2.24) is 5.32 Å². The van der Waals surface area contributed by atoms with Gasteiger partial charge in [0, 0.05) is 25.4 Å². The Labute approximate surface area is 118 Å². The molecule has 0 unspecified atom stereocenters. The third-order valence-electron chi connectivity index (χ3n) is 2.64. The number of sulfone groups is 1. The predicted molar refractivity (Wildman–Crippen MR) is 77.9 cm³/mol. The van der Waals surface area contributed by atoms with E-state index in [0.717, 1.165) is 25.3 Å². The second-order valence-electron chi connectivity index (χ2n) is 4.39. The van der Waals surface area contributed by atoms with Gasteiger partial charge < -0.3 is 10.6 Å². The average molecular weight is 301 g/mol. The molecule has 8 heteroatoms. The van der Waals surface area contributed by atoms with Gasteiger partial charge in [0.15, 0.2) is 9.84 Å². The molecule has 7 nitrogen and oxygen atoms in total. The lowest BCUT2D eigenvalue weighted by Gasteiger charge is -2.08. The maximum absolute atomic E-state index is 11.4. The fraction of sp³-hybridized carbons (Fsp3) is 0.500. The molecule has 2 N–H and O–H groups in total. The number of benzene rings is 1. The summed E-state index contributed by atoms with van der Waals surface area (Å²) in [6.45, 7) is 4.14. The zero-order valence-corrected chi connectivity index (χ0v) is 12.4. The van der Waals surface area contributed by atoms with Gasteiger partial charge in [-0.15, -0.1) is 0 Å². The Hall–Kier alpha value is -1.67. The number of rotatable bonds is 8. The summed E-state index contributed by atoms with van der Waals surface area (Å²) in [5.74, 6) is 0. The molecule has 0 aliphatic rings. The predicted octanol–water partition coefficient (Wildman–Crippen LogP) is 1.41. The number of nitro groups is 1. The third kappa shape index (κ3) is 4.78. The molecule has 1 rings (SSSR count). The molecule has 112 valence electrons. The van der Waals surface area contributed by atoms with Crippen molar-refractivity contribution in [3.63, 3.8) is 0 Å². The molecule has 0 fully saturated rings. The van der Waals surface area contributed by atoms with Gasteiger partial charge >= 0.3 is 0 Å². The van der Waals surface area contributed by atoms with Crippen molar-refractivity contribution in [2.45, 2.75) is 18.2 Å². The molecular weight excluding hydrogens is 282 g/mol. The highest BCUT2D eigenvalue weighted by molar-refractivity contribution is 7.90. The van der Waals surface area contributed by atoms with Crippen molar-refractivity contribution >= 4 is 21.2 Å². The van der Waals surface area contributed by atoms with E-state index in [-0.39, 0.29) is 10.6 Å². The van der Waals surface area contributed by atoms with Crippen LogP contribution in [0.1, 0.15) is 13.3 Å². The second-order valence-corrected chi connectivity index (χ2v) is 6.40. The van der Waals surface area contributed by atoms with Crippen molar-refractivity contribution in [2.75, 3.05) is 31.2 Å². The number of hydrogen-bond donors (Lipinski definition) is 2. The highest BCUT2D eigenvalue weighted by Gasteiger charge is 2.18. The van der Waals surface area contributed by atoms with Crippen LogP contribution in [0.4, 0.5) is 11.4 Å². The van der Waals surface area contributed by atoms with Gasteiger partial charge in [-0.3, -0.25) is 10.1 Å². The highest BCUT2D eigenvalue weighted by Crippen LogP contribution is 2.27. The quantitative estimate of drug-likeness (QED) is 0.427. The second kappa shape index (κ2) is 7.20. The zero-order valence-electron chi connectivity index (χ0n) is 11.5. The Morgan fingerprint density at radius 3 is 2.50 bits per heavy atom. The summed E-state index contributed by atoms with van der Waals surface area (Å²) in [5.41, 5.74) is 0.0871. The molecule has 0 spiro atoms. The minimum atomic E-state index is -3.45. The van der Waals surface area contributed by atoms with Crippen LogP contribution in [0.5, 0.6) is 0 Å². The van der Waals surface area contributed by atoms with Gasteiger partial charge in [-0.2, -0.15) is 0 Å². The summed E-state index contributed by atoms with van der Waals surface area (Å²) in [5, 5.41) is 17.1. The first-order valence-corrected chi connectivity index (χ1v) is 8.18. The van der Waals surface area contributed by atoms with Crippen molar-refractivity contribution in [3.8, 4) is 0 Å². The lowest BCUT2D eigenvalue weighted by Crippen LogP contribution is -2.23. The number of nitro benzene ring substituents is 1. The first-order chi connectivity index (χ1) is 9.36. The molecule has 1 aromatic rings. The fourth-order valence-electron chi connectivity index (χ4n) is 1.63. The molecular formula is C12H19N3O4S. The van der Waals surface area contributed by atoms with E-state index in [0.29, 0.717) is 18.8 Å². The van der Waals surface area contributed by atoms with Crippen LogP contribution >= 0.6 is 0 Å². The van der Waals surface area contributed by atoms with Gasteiger partial charge in [-0.1, -0.05) is 6.92 Å². The van der Waals surface area contributed by atoms with Gasteiger partial charge in [-0.25, -0.2) is 8.42 Å². The summed E-state index contributed by atoms with van der Waals surface area (Å²) in [7, 11) is -3.45. The summed E-state index contributed by atoms with van der Waals surface area (Å²) in [6.07, 6.45) is 2.04. The maximum atomic E-state index is 11.4. The molecule has 0 saturated carbocycles. The fourth-order valence-corrected chi connectivity index (χ4v) is 2.27. The van der Waals surface area contributed by atoms with Crippen LogP contribution in [0.3, 0.4) is 0 Å². The molecule has 0 aliphatic carbocycles. The van der Waals surface area contributed by atoms with Crippen molar-refractivity contribution in [3.05, 3.63) is 28.3 Å². The molecule has 0 saturated heterocycles. The highest BCUT2D eigenvalue weighted by atomic mass is 32.2. The molecule has 0 heterocycles. The molecule has 0 bridgehead atoms. The van der Waals surface area contributed by atoms with E-state index in [1.807, 2.05) is 0 Å². The Balaban J connectivity index is 2.83. The monoisotopic (exact) mass is 301 g/mol. The Morgan fingerprint density at radius 1 is 1.25 bits per heavy atom. The Bertz CT molecular complexity index is 572. The zero-order chi connectivity index (χ0) is 15.2. The minimum Gasteiger partial charge on any atom is -0.378 e. The van der Waals surface area contributed by atoms with E-state index in [9.17, 15) is 18.5 Å². The van der Waals surface area contributed by atoms with Gasteiger partial charge in [0.2, 0.25) is 0 Å². The number of nitrogens with one attached hydrogen (secondary N) is 2. The van der Waals surface area contributed by atoms with Crippen LogP contribution in [-0.4, -0.2) is 39.2 Å². The van der Waals surface area contributed by atoms with E-state index in [2.05, 4.69) is 17.6 Å². The van der Waals surface area contributed by atoms with Crippen molar-refractivity contribution in [2.24, 2.45) is 0 Å². The summed E-state index contributed by atoms with van der Waals surface area (Å²) in [6, 6.07) is 3.87. The first kappa shape index (κ1) is 16.4. The maximum Gasteiger partial charge on any atom is 0.293 e. The summed E-state index contributed by atoms with van der Waals surface area (Å²) < 4.78 is 22.8. The summed E-state index contributed by atoms with van der Waals surface area (Å²) in [4.78, 5) is 10.3. The third-order valence-corrected chi connectivity index (χ3v) is 3.75. The van der Waals surface area contributed by atoms with Gasteiger partial charge in [0.25, 0.3) is 5.69 Å². The van der Waals surface area contributed by atoms with E-state index in [1.165, 1.54) is 12.1 Å². The molecule has 0 radical (unpaired) electrons. The Kier molecular flexibility index (Phi) is 5.90. The molecule has 0 aromatic heterocycles. The molecule has 0 amide bonds. The standard InChI is InChI=1S/C12H19N3O4S/c1-3-6-13-7-8-14-11-5-4-10(20(2,18)19)9-12(11)15(16)17/h4-5,9,13-14H,3,6-8H2,1-2H3. The number of anilines is 1. The minimum absolute atomic E-state index is 0.0566. The van der Waals surface area contributed by atoms with Crippen LogP contribution in [-0.2, 0) is 9.84 Å². The molecule has 0 aliphatic heterocycles. The molecule has 20 heavy (non-hydrogen) atoms. The number of nitrogens with zero attached hydrogens (tertiary/aromatic N) is 1. The van der Waals surface area contributed by atoms with Crippen LogP contribution in [0, 0.1) is 10.1 Å². The Morgan fingerprint density at radius 2 is 1.95 bits per heavy atom. The largest absolute Gasteiger partial charge is 0.378 e. The van der Waals surface area contributed by atoms with Gasteiger partial charge in [0.1, 0.15) is 5.69 Å². The van der Waals surface area contributed by atoms with Gasteiger partial charge in [-0.05, 0) is 25.1 Å². The van der Waals surface area contributed by atoms with Gasteiger partial charge in [0.05, 0.1) is 9.82 Å². The van der Waals surface area contributed by atoms with E-state index in [4.69, 9.17) is 0 Å². The molecule has 1 aromatic carbocycles. The lowest BCUT2D eigenvalue weighted by atomic mass is 10.2. The average Bonchev–Trinajstić information content (AvgIpc) is 2.37. The number of hydrogen-bond acceptors (Lipinski definition) is 6.